The molecule has 2 nitrogen and oxygen atoms in total. The Balaban J connectivity index is 2.55. The van der Waals surface area contributed by atoms with E-state index in [9.17, 15) is 0 Å². The van der Waals surface area contributed by atoms with E-state index < -0.39 is 0 Å². The number of ether oxygens (including phenoxy) is 1. The largest absolute Gasteiger partial charge is 0.492 e. The average Bonchev–Trinajstić information content (AvgIpc) is 2.30. The van der Waals surface area contributed by atoms with E-state index in [1.165, 1.54) is 0 Å². The van der Waals surface area contributed by atoms with E-state index >= 15 is 0 Å². The van der Waals surface area contributed by atoms with Crippen molar-refractivity contribution >= 4 is 23.2 Å². The number of hydrogen-bond donors (Lipinski definition) is 1. The molecular weight excluding hydrogens is 257 g/mol. The van der Waals surface area contributed by atoms with E-state index in [1.54, 1.807) is 18.2 Å². The van der Waals surface area contributed by atoms with Crippen LogP contribution >= 0.6 is 23.2 Å². The number of benzene rings is 1. The molecule has 1 unspecified atom stereocenters. The summed E-state index contributed by atoms with van der Waals surface area (Å²) < 4.78 is 5.71. The summed E-state index contributed by atoms with van der Waals surface area (Å²) in [5.74, 6) is 1.14. The molecule has 0 radical (unpaired) electrons. The van der Waals surface area contributed by atoms with Gasteiger partial charge in [0.05, 0.1) is 11.6 Å². The van der Waals surface area contributed by atoms with Crippen molar-refractivity contribution in [3.8, 4) is 5.75 Å². The van der Waals surface area contributed by atoms with Crippen molar-refractivity contribution in [2.45, 2.75) is 26.2 Å². The minimum atomic E-state index is 0.486. The monoisotopic (exact) mass is 275 g/mol. The first kappa shape index (κ1) is 14.6. The van der Waals surface area contributed by atoms with Gasteiger partial charge < -0.3 is 10.5 Å². The molecule has 17 heavy (non-hydrogen) atoms. The predicted octanol–water partition coefficient (Wildman–Crippen LogP) is 4.14. The van der Waals surface area contributed by atoms with Gasteiger partial charge in [-0.3, -0.25) is 0 Å². The molecule has 0 saturated carbocycles. The average molecular weight is 276 g/mol. The van der Waals surface area contributed by atoms with E-state index in [0.29, 0.717) is 34.9 Å². The highest BCUT2D eigenvalue weighted by Crippen LogP contribution is 2.28. The first-order chi connectivity index (χ1) is 8.17. The van der Waals surface area contributed by atoms with Crippen LogP contribution in [0.1, 0.15) is 26.2 Å². The van der Waals surface area contributed by atoms with Crippen LogP contribution in [0.3, 0.4) is 0 Å². The van der Waals surface area contributed by atoms with Gasteiger partial charge in [0, 0.05) is 11.1 Å². The molecule has 0 aliphatic heterocycles. The van der Waals surface area contributed by atoms with Gasteiger partial charge in [0.25, 0.3) is 0 Å². The van der Waals surface area contributed by atoms with E-state index in [2.05, 4.69) is 6.92 Å². The standard InChI is InChI=1S/C13H19Cl2NO/c1-2-3-10(6-7-16)9-17-13-8-11(14)4-5-12(13)15/h4-5,8,10H,2-3,6-7,9,16H2,1H3. The van der Waals surface area contributed by atoms with Gasteiger partial charge in [-0.15, -0.1) is 0 Å². The topological polar surface area (TPSA) is 35.2 Å². The number of halogens is 2. The van der Waals surface area contributed by atoms with Crippen LogP contribution in [-0.4, -0.2) is 13.2 Å². The van der Waals surface area contributed by atoms with Gasteiger partial charge in [-0.1, -0.05) is 36.5 Å². The number of hydrogen-bond acceptors (Lipinski definition) is 2. The Morgan fingerprint density at radius 3 is 2.71 bits per heavy atom. The van der Waals surface area contributed by atoms with E-state index in [1.807, 2.05) is 0 Å². The van der Waals surface area contributed by atoms with Crippen LogP contribution in [0.4, 0.5) is 0 Å². The first-order valence-electron chi connectivity index (χ1n) is 5.95. The lowest BCUT2D eigenvalue weighted by molar-refractivity contribution is 0.232. The van der Waals surface area contributed by atoms with Gasteiger partial charge >= 0.3 is 0 Å². The molecule has 0 aromatic heterocycles. The van der Waals surface area contributed by atoms with Crippen LogP contribution in [-0.2, 0) is 0 Å². The fourth-order valence-electron chi connectivity index (χ4n) is 1.75. The third-order valence-electron chi connectivity index (χ3n) is 2.64. The van der Waals surface area contributed by atoms with Gasteiger partial charge in [-0.05, 0) is 37.4 Å². The molecule has 1 rings (SSSR count). The molecule has 96 valence electrons. The van der Waals surface area contributed by atoms with Crippen molar-refractivity contribution in [1.82, 2.24) is 0 Å². The molecule has 0 aliphatic rings. The van der Waals surface area contributed by atoms with Gasteiger partial charge in [-0.2, -0.15) is 0 Å². The summed E-state index contributed by atoms with van der Waals surface area (Å²) >= 11 is 11.9. The Labute approximate surface area is 113 Å². The number of rotatable bonds is 7. The highest BCUT2D eigenvalue weighted by atomic mass is 35.5. The molecular formula is C13H19Cl2NO. The third kappa shape index (κ3) is 5.15. The Morgan fingerprint density at radius 1 is 1.29 bits per heavy atom. The zero-order valence-electron chi connectivity index (χ0n) is 10.1. The summed E-state index contributed by atoms with van der Waals surface area (Å²) in [6.45, 7) is 3.50. The van der Waals surface area contributed by atoms with Crippen molar-refractivity contribution < 1.29 is 4.74 Å². The third-order valence-corrected chi connectivity index (χ3v) is 3.19. The second kappa shape index (κ2) is 7.80. The van der Waals surface area contributed by atoms with Gasteiger partial charge in [-0.25, -0.2) is 0 Å². The van der Waals surface area contributed by atoms with Gasteiger partial charge in [0.2, 0.25) is 0 Å². The molecule has 4 heteroatoms. The fraction of sp³-hybridized carbons (Fsp3) is 0.538. The molecule has 1 atom stereocenters. The SMILES string of the molecule is CCCC(CCN)COc1cc(Cl)ccc1Cl. The van der Waals surface area contributed by atoms with E-state index in [-0.39, 0.29) is 0 Å². The number of nitrogens with two attached hydrogens (primary N) is 1. The summed E-state index contributed by atoms with van der Waals surface area (Å²) in [6, 6.07) is 5.24. The van der Waals surface area contributed by atoms with E-state index in [4.69, 9.17) is 33.7 Å². The van der Waals surface area contributed by atoms with Crippen molar-refractivity contribution in [3.63, 3.8) is 0 Å². The summed E-state index contributed by atoms with van der Waals surface area (Å²) in [7, 11) is 0. The maximum absolute atomic E-state index is 6.03. The Kier molecular flexibility index (Phi) is 6.71. The minimum Gasteiger partial charge on any atom is -0.492 e. The molecule has 0 heterocycles. The highest BCUT2D eigenvalue weighted by Gasteiger charge is 2.09. The quantitative estimate of drug-likeness (QED) is 0.812. The first-order valence-corrected chi connectivity index (χ1v) is 6.70. The maximum atomic E-state index is 6.03. The molecule has 0 bridgehead atoms. The normalized spacial score (nSPS) is 12.5. The van der Waals surface area contributed by atoms with Gasteiger partial charge in [0.15, 0.2) is 0 Å². The lowest BCUT2D eigenvalue weighted by atomic mass is 10.0. The molecule has 1 aromatic rings. The van der Waals surface area contributed by atoms with Gasteiger partial charge in [0.1, 0.15) is 5.75 Å². The Hall–Kier alpha value is -0.440. The van der Waals surface area contributed by atoms with Crippen LogP contribution in [0.15, 0.2) is 18.2 Å². The molecule has 0 saturated heterocycles. The van der Waals surface area contributed by atoms with E-state index in [0.717, 1.165) is 19.3 Å². The molecule has 0 aliphatic carbocycles. The molecule has 0 fully saturated rings. The molecule has 0 spiro atoms. The van der Waals surface area contributed by atoms with Crippen LogP contribution in [0.25, 0.3) is 0 Å². The summed E-state index contributed by atoms with van der Waals surface area (Å²) in [5.41, 5.74) is 5.58. The minimum absolute atomic E-state index is 0.486. The lowest BCUT2D eigenvalue weighted by Gasteiger charge is -2.16. The van der Waals surface area contributed by atoms with Crippen LogP contribution < -0.4 is 10.5 Å². The summed E-state index contributed by atoms with van der Waals surface area (Å²) in [4.78, 5) is 0. The maximum Gasteiger partial charge on any atom is 0.139 e. The molecule has 0 amide bonds. The smallest absolute Gasteiger partial charge is 0.139 e. The Morgan fingerprint density at radius 2 is 2.06 bits per heavy atom. The summed E-state index contributed by atoms with van der Waals surface area (Å²) in [5, 5.41) is 1.23. The second-order valence-corrected chi connectivity index (χ2v) is 4.96. The van der Waals surface area contributed by atoms with Crippen molar-refractivity contribution in [3.05, 3.63) is 28.2 Å². The zero-order valence-corrected chi connectivity index (χ0v) is 11.6. The Bertz CT molecular complexity index is 338. The summed E-state index contributed by atoms with van der Waals surface area (Å²) in [6.07, 6.45) is 3.23. The second-order valence-electron chi connectivity index (χ2n) is 4.12. The fourth-order valence-corrected chi connectivity index (χ4v) is 2.08. The van der Waals surface area contributed by atoms with Crippen LogP contribution in [0.2, 0.25) is 10.0 Å². The van der Waals surface area contributed by atoms with Crippen LogP contribution in [0, 0.1) is 5.92 Å². The predicted molar refractivity (Wildman–Crippen MR) is 74.0 cm³/mol. The lowest BCUT2D eigenvalue weighted by Crippen LogP contribution is -2.16. The molecule has 2 N–H and O–H groups in total. The highest BCUT2D eigenvalue weighted by molar-refractivity contribution is 6.34. The van der Waals surface area contributed by atoms with Crippen molar-refractivity contribution in [2.75, 3.05) is 13.2 Å². The zero-order chi connectivity index (χ0) is 12.7. The van der Waals surface area contributed by atoms with Crippen molar-refractivity contribution in [1.29, 1.82) is 0 Å². The van der Waals surface area contributed by atoms with Crippen molar-refractivity contribution in [2.24, 2.45) is 11.7 Å². The molecule has 1 aromatic carbocycles. The van der Waals surface area contributed by atoms with Crippen LogP contribution in [0.5, 0.6) is 5.75 Å².